The summed E-state index contributed by atoms with van der Waals surface area (Å²) in [5.41, 5.74) is 2.12. The van der Waals surface area contributed by atoms with Gasteiger partial charge in [-0.25, -0.2) is 4.98 Å². The van der Waals surface area contributed by atoms with E-state index in [1.807, 2.05) is 42.3 Å². The van der Waals surface area contributed by atoms with Gasteiger partial charge in [0.1, 0.15) is 5.82 Å². The molecular weight excluding hydrogens is 505 g/mol. The van der Waals surface area contributed by atoms with Crippen molar-refractivity contribution >= 4 is 34.9 Å². The van der Waals surface area contributed by atoms with E-state index < -0.39 is 17.6 Å². The smallest absolute Gasteiger partial charge is 0.376 e. The lowest BCUT2D eigenvalue weighted by Gasteiger charge is -2.33. The molecule has 3 aromatic rings. The van der Waals surface area contributed by atoms with E-state index in [4.69, 9.17) is 11.8 Å². The Morgan fingerprint density at radius 1 is 0.973 bits per heavy atom. The number of anilines is 3. The molecule has 2 heterocycles. The quantitative estimate of drug-likeness (QED) is 0.349. The zero-order chi connectivity index (χ0) is 26.4. The molecule has 196 valence electrons. The summed E-state index contributed by atoms with van der Waals surface area (Å²) in [7, 11) is 2.00. The Morgan fingerprint density at radius 3 is 2.27 bits per heavy atom. The minimum Gasteiger partial charge on any atom is -0.376 e. The molecule has 3 N–H and O–H groups in total. The second-order valence-electron chi connectivity index (χ2n) is 8.95. The molecule has 7 nitrogen and oxygen atoms in total. The third-order valence-corrected chi connectivity index (χ3v) is 6.41. The fraction of sp³-hybridized carbons (Fsp3) is 0.308. The third kappa shape index (κ3) is 7.34. The summed E-state index contributed by atoms with van der Waals surface area (Å²) >= 11 is 5.53. The molecule has 1 saturated heterocycles. The highest BCUT2D eigenvalue weighted by atomic mass is 35.5. The number of alkyl halides is 3. The Bertz CT molecular complexity index is 1200. The van der Waals surface area contributed by atoms with E-state index in [0.29, 0.717) is 24.6 Å². The van der Waals surface area contributed by atoms with Gasteiger partial charge in [-0.3, -0.25) is 14.5 Å². The van der Waals surface area contributed by atoms with Crippen molar-refractivity contribution in [2.45, 2.75) is 12.7 Å². The van der Waals surface area contributed by atoms with Crippen molar-refractivity contribution in [3.05, 3.63) is 71.9 Å². The molecule has 2 aromatic carbocycles. The highest BCUT2D eigenvalue weighted by Crippen LogP contribution is 2.34. The topological polar surface area (TPSA) is 72.5 Å². The first-order valence-electron chi connectivity index (χ1n) is 11.8. The van der Waals surface area contributed by atoms with Crippen LogP contribution >= 0.6 is 11.8 Å². The zero-order valence-corrected chi connectivity index (χ0v) is 21.0. The molecule has 0 bridgehead atoms. The summed E-state index contributed by atoms with van der Waals surface area (Å²) in [5, 5.41) is 5.55. The van der Waals surface area contributed by atoms with Gasteiger partial charge in [0.05, 0.1) is 12.1 Å². The molecule has 0 saturated carbocycles. The third-order valence-electron chi connectivity index (χ3n) is 6.22. The lowest BCUT2D eigenvalue weighted by Crippen LogP contribution is -2.44. The van der Waals surface area contributed by atoms with Crippen LogP contribution in [0.5, 0.6) is 0 Å². The van der Waals surface area contributed by atoms with E-state index in [2.05, 4.69) is 25.4 Å². The Morgan fingerprint density at radius 2 is 1.65 bits per heavy atom. The number of halogens is 4. The summed E-state index contributed by atoms with van der Waals surface area (Å²) in [4.78, 5) is 23.2. The number of pyridine rings is 1. The maximum atomic E-state index is 13.8. The summed E-state index contributed by atoms with van der Waals surface area (Å²) in [6.07, 6.45) is -2.83. The summed E-state index contributed by atoms with van der Waals surface area (Å²) in [6.45, 7) is 3.20. The normalized spacial score (nSPS) is 14.8. The highest BCUT2D eigenvalue weighted by Gasteiger charge is 2.34. The van der Waals surface area contributed by atoms with Crippen molar-refractivity contribution in [1.29, 1.82) is 0 Å². The van der Waals surface area contributed by atoms with Gasteiger partial charge in [0.15, 0.2) is 0 Å². The number of amides is 1. The van der Waals surface area contributed by atoms with E-state index in [1.54, 1.807) is 12.3 Å². The summed E-state index contributed by atoms with van der Waals surface area (Å²) < 4.78 is 41.3. The van der Waals surface area contributed by atoms with Crippen LogP contribution < -0.4 is 15.5 Å². The van der Waals surface area contributed by atoms with Crippen molar-refractivity contribution in [2.75, 3.05) is 55.2 Å². The predicted octanol–water partition coefficient (Wildman–Crippen LogP) is 5.13. The van der Waals surface area contributed by atoms with Gasteiger partial charge in [-0.2, -0.15) is 13.2 Å². The second-order valence-corrected chi connectivity index (χ2v) is 9.14. The van der Waals surface area contributed by atoms with Gasteiger partial charge in [-0.05, 0) is 54.6 Å². The van der Waals surface area contributed by atoms with Crippen molar-refractivity contribution < 1.29 is 18.0 Å². The van der Waals surface area contributed by atoms with Crippen LogP contribution in [-0.2, 0) is 17.5 Å². The van der Waals surface area contributed by atoms with Gasteiger partial charge in [-0.15, -0.1) is 0 Å². The van der Waals surface area contributed by atoms with Gasteiger partial charge in [0.25, 0.3) is 0 Å². The number of nitrogens with one attached hydrogen (secondary N) is 3. The molecular formula is C26H28ClF3N6O. The van der Waals surface area contributed by atoms with Crippen molar-refractivity contribution in [3.63, 3.8) is 0 Å². The summed E-state index contributed by atoms with van der Waals surface area (Å²) in [5.74, 6) is 0.0964. The fourth-order valence-corrected chi connectivity index (χ4v) is 4.20. The van der Waals surface area contributed by atoms with E-state index in [1.165, 1.54) is 12.1 Å². The number of rotatable bonds is 8. The summed E-state index contributed by atoms with van der Waals surface area (Å²) in [6, 6.07) is 15.0. The van der Waals surface area contributed by atoms with Gasteiger partial charge in [-0.1, -0.05) is 18.2 Å². The maximum Gasteiger partial charge on any atom is 0.416 e. The predicted molar refractivity (Wildman–Crippen MR) is 140 cm³/mol. The number of hydrogen-bond acceptors (Lipinski definition) is 6. The van der Waals surface area contributed by atoms with Gasteiger partial charge < -0.3 is 15.5 Å². The molecule has 37 heavy (non-hydrogen) atoms. The highest BCUT2D eigenvalue weighted by molar-refractivity contribution is 6.23. The number of aromatic nitrogens is 1. The van der Waals surface area contributed by atoms with Gasteiger partial charge >= 0.3 is 6.18 Å². The molecule has 0 aliphatic carbocycles. The molecule has 1 fully saturated rings. The molecule has 1 aromatic heterocycles. The average molecular weight is 533 g/mol. The van der Waals surface area contributed by atoms with Crippen LogP contribution in [-0.4, -0.2) is 60.5 Å². The molecule has 11 heteroatoms. The minimum absolute atomic E-state index is 0.0958. The lowest BCUT2D eigenvalue weighted by molar-refractivity contribution is -0.138. The van der Waals surface area contributed by atoms with Gasteiger partial charge in [0.2, 0.25) is 5.91 Å². The van der Waals surface area contributed by atoms with Crippen molar-refractivity contribution in [3.8, 4) is 11.1 Å². The Balaban J connectivity index is 1.35. The van der Waals surface area contributed by atoms with Crippen molar-refractivity contribution in [2.24, 2.45) is 0 Å². The Labute approximate surface area is 218 Å². The molecule has 1 aliphatic rings. The maximum absolute atomic E-state index is 13.8. The minimum atomic E-state index is -4.51. The second kappa shape index (κ2) is 11.8. The number of hydrogen-bond donors (Lipinski definition) is 3. The van der Waals surface area contributed by atoms with E-state index in [-0.39, 0.29) is 24.3 Å². The average Bonchev–Trinajstić information content (AvgIpc) is 2.89. The van der Waals surface area contributed by atoms with E-state index >= 15 is 0 Å². The molecule has 0 spiro atoms. The number of benzene rings is 2. The fourth-order valence-electron chi connectivity index (χ4n) is 4.09. The van der Waals surface area contributed by atoms with E-state index in [0.717, 1.165) is 30.3 Å². The van der Waals surface area contributed by atoms with Crippen LogP contribution in [0.4, 0.5) is 30.4 Å². The SMILES string of the molecule is CN1CCN(Cc2ccc(NC(=O)CNc3ccc(-c4ccc(NCl)nc4)cc3)cc2C(F)(F)F)CC1. The molecule has 0 atom stereocenters. The number of likely N-dealkylation sites (N-methyl/N-ethyl adjacent to an activating group) is 1. The molecule has 0 unspecified atom stereocenters. The molecule has 1 aliphatic heterocycles. The van der Waals surface area contributed by atoms with Crippen LogP contribution in [0.1, 0.15) is 11.1 Å². The first-order valence-corrected chi connectivity index (χ1v) is 12.2. The number of piperazine rings is 1. The number of carbonyl (C=O) groups excluding carboxylic acids is 1. The molecule has 4 rings (SSSR count). The van der Waals surface area contributed by atoms with Crippen LogP contribution in [0.25, 0.3) is 11.1 Å². The molecule has 0 radical (unpaired) electrons. The van der Waals surface area contributed by atoms with Crippen LogP contribution in [0, 0.1) is 0 Å². The zero-order valence-electron chi connectivity index (χ0n) is 20.3. The number of nitrogens with zero attached hydrogens (tertiary/aromatic N) is 3. The van der Waals surface area contributed by atoms with Crippen LogP contribution in [0.15, 0.2) is 60.8 Å². The number of carbonyl (C=O) groups is 1. The van der Waals surface area contributed by atoms with Crippen molar-refractivity contribution in [1.82, 2.24) is 14.8 Å². The lowest BCUT2D eigenvalue weighted by atomic mass is 10.0. The van der Waals surface area contributed by atoms with E-state index in [9.17, 15) is 18.0 Å². The monoisotopic (exact) mass is 532 g/mol. The largest absolute Gasteiger partial charge is 0.416 e. The Kier molecular flexibility index (Phi) is 8.52. The molecule has 1 amide bonds. The standard InChI is InChI=1S/C26H28ClF3N6O/c1-35-10-12-36(13-11-35)17-20-4-8-22(14-23(20)26(28,29)30)33-25(37)16-31-21-6-2-18(3-7-21)19-5-9-24(34-27)32-15-19/h2-9,14-15,31H,10-13,16-17H2,1H3,(H,32,34)(H,33,37). The first kappa shape index (κ1) is 26.7. The first-order chi connectivity index (χ1) is 17.7. The van der Waals surface area contributed by atoms with Crippen LogP contribution in [0.2, 0.25) is 0 Å². The Hall–Kier alpha value is -3.34. The van der Waals surface area contributed by atoms with Crippen LogP contribution in [0.3, 0.4) is 0 Å². The van der Waals surface area contributed by atoms with Gasteiger partial charge in [0, 0.05) is 67.6 Å².